The summed E-state index contributed by atoms with van der Waals surface area (Å²) in [5, 5.41) is 0. The standard InChI is InChI=1S/C13H16BrN5/c14-9-1-2-12(16)10(6-9)13(19-17)5-8-7-18-4-3-11(8)15/h1-4,6-7,13,19H,5,16-17H2,(H2,15,18). The molecule has 2 rings (SSSR count). The van der Waals surface area contributed by atoms with E-state index in [9.17, 15) is 0 Å². The first-order chi connectivity index (χ1) is 9.11. The second-order valence-electron chi connectivity index (χ2n) is 4.27. The lowest BCUT2D eigenvalue weighted by molar-refractivity contribution is 0.553. The Morgan fingerprint density at radius 1 is 1.21 bits per heavy atom. The number of hydrogen-bond acceptors (Lipinski definition) is 5. The van der Waals surface area contributed by atoms with E-state index in [1.54, 1.807) is 18.5 Å². The molecule has 5 nitrogen and oxygen atoms in total. The Kier molecular flexibility index (Phi) is 4.36. The van der Waals surface area contributed by atoms with Crippen molar-refractivity contribution >= 4 is 27.3 Å². The van der Waals surface area contributed by atoms with Crippen LogP contribution in [0, 0.1) is 0 Å². The predicted octanol–water partition coefficient (Wildman–Crippen LogP) is 1.76. The Labute approximate surface area is 120 Å². The molecule has 6 heteroatoms. The van der Waals surface area contributed by atoms with Gasteiger partial charge in [-0.15, -0.1) is 0 Å². The summed E-state index contributed by atoms with van der Waals surface area (Å²) in [5.74, 6) is 5.64. The lowest BCUT2D eigenvalue weighted by atomic mass is 9.98. The predicted molar refractivity (Wildman–Crippen MR) is 81.0 cm³/mol. The average Bonchev–Trinajstić information content (AvgIpc) is 2.41. The monoisotopic (exact) mass is 321 g/mol. The molecule has 0 spiro atoms. The van der Waals surface area contributed by atoms with E-state index in [1.807, 2.05) is 18.2 Å². The minimum Gasteiger partial charge on any atom is -0.398 e. The second-order valence-corrected chi connectivity index (χ2v) is 5.19. The van der Waals surface area contributed by atoms with Crippen molar-refractivity contribution < 1.29 is 0 Å². The largest absolute Gasteiger partial charge is 0.398 e. The van der Waals surface area contributed by atoms with Crippen molar-refractivity contribution in [1.82, 2.24) is 10.4 Å². The van der Waals surface area contributed by atoms with Gasteiger partial charge in [0.05, 0.1) is 6.04 Å². The Bertz CT molecular complexity index is 573. The third kappa shape index (κ3) is 3.23. The molecule has 100 valence electrons. The molecular weight excluding hydrogens is 306 g/mol. The van der Waals surface area contributed by atoms with Crippen molar-refractivity contribution in [3.63, 3.8) is 0 Å². The number of benzene rings is 1. The Balaban J connectivity index is 2.30. The molecule has 0 aliphatic rings. The zero-order valence-corrected chi connectivity index (χ0v) is 11.9. The molecule has 19 heavy (non-hydrogen) atoms. The highest BCUT2D eigenvalue weighted by Crippen LogP contribution is 2.27. The van der Waals surface area contributed by atoms with Crippen LogP contribution in [0.4, 0.5) is 11.4 Å². The van der Waals surface area contributed by atoms with Crippen LogP contribution >= 0.6 is 15.9 Å². The maximum Gasteiger partial charge on any atom is 0.0522 e. The topological polar surface area (TPSA) is 103 Å². The number of aromatic nitrogens is 1. The van der Waals surface area contributed by atoms with Gasteiger partial charge in [-0.25, -0.2) is 0 Å². The van der Waals surface area contributed by atoms with Crippen molar-refractivity contribution in [1.29, 1.82) is 0 Å². The van der Waals surface area contributed by atoms with Crippen LogP contribution in [-0.4, -0.2) is 4.98 Å². The molecule has 1 aromatic carbocycles. The molecule has 1 heterocycles. The Morgan fingerprint density at radius 2 is 2.00 bits per heavy atom. The molecule has 1 aromatic heterocycles. The van der Waals surface area contributed by atoms with Gasteiger partial charge < -0.3 is 11.5 Å². The van der Waals surface area contributed by atoms with Crippen molar-refractivity contribution in [2.75, 3.05) is 11.5 Å². The molecule has 0 bridgehead atoms. The fourth-order valence-corrected chi connectivity index (χ4v) is 2.31. The second kappa shape index (κ2) is 6.01. The zero-order valence-electron chi connectivity index (χ0n) is 10.3. The average molecular weight is 322 g/mol. The van der Waals surface area contributed by atoms with E-state index in [-0.39, 0.29) is 6.04 Å². The first-order valence-corrected chi connectivity index (χ1v) is 6.60. The van der Waals surface area contributed by atoms with Gasteiger partial charge in [-0.1, -0.05) is 15.9 Å². The summed E-state index contributed by atoms with van der Waals surface area (Å²) < 4.78 is 0.955. The quantitative estimate of drug-likeness (QED) is 0.390. The number of nitrogen functional groups attached to an aromatic ring is 2. The minimum absolute atomic E-state index is 0.121. The molecular formula is C13H16BrN5. The minimum atomic E-state index is -0.121. The van der Waals surface area contributed by atoms with E-state index in [2.05, 4.69) is 26.3 Å². The van der Waals surface area contributed by atoms with Crippen LogP contribution in [0.3, 0.4) is 0 Å². The van der Waals surface area contributed by atoms with Crippen LogP contribution in [0.25, 0.3) is 0 Å². The smallest absolute Gasteiger partial charge is 0.0522 e. The summed E-state index contributed by atoms with van der Waals surface area (Å²) in [5.41, 5.74) is 17.9. The van der Waals surface area contributed by atoms with E-state index >= 15 is 0 Å². The van der Waals surface area contributed by atoms with Crippen molar-refractivity contribution in [2.24, 2.45) is 5.84 Å². The van der Waals surface area contributed by atoms with Gasteiger partial charge in [0.2, 0.25) is 0 Å². The highest BCUT2D eigenvalue weighted by Gasteiger charge is 2.15. The lowest BCUT2D eigenvalue weighted by Crippen LogP contribution is -2.30. The number of nitrogens with two attached hydrogens (primary N) is 3. The van der Waals surface area contributed by atoms with Crippen LogP contribution in [-0.2, 0) is 6.42 Å². The maximum absolute atomic E-state index is 5.99. The van der Waals surface area contributed by atoms with Gasteiger partial charge >= 0.3 is 0 Å². The zero-order chi connectivity index (χ0) is 13.8. The Morgan fingerprint density at radius 3 is 2.68 bits per heavy atom. The fraction of sp³-hybridized carbons (Fsp3) is 0.154. The van der Waals surface area contributed by atoms with Gasteiger partial charge in [0.15, 0.2) is 0 Å². The summed E-state index contributed by atoms with van der Waals surface area (Å²) in [6.45, 7) is 0. The number of rotatable bonds is 4. The normalized spacial score (nSPS) is 12.3. The number of nitrogens with one attached hydrogen (secondary N) is 1. The number of anilines is 2. The van der Waals surface area contributed by atoms with Crippen molar-refractivity contribution in [3.05, 3.63) is 52.3 Å². The van der Waals surface area contributed by atoms with Crippen LogP contribution in [0.2, 0.25) is 0 Å². The van der Waals surface area contributed by atoms with Gasteiger partial charge in [0.1, 0.15) is 0 Å². The van der Waals surface area contributed by atoms with Crippen molar-refractivity contribution in [2.45, 2.75) is 12.5 Å². The number of hydrazine groups is 1. The first kappa shape index (κ1) is 13.8. The molecule has 0 aliphatic carbocycles. The van der Waals surface area contributed by atoms with E-state index in [0.29, 0.717) is 17.8 Å². The first-order valence-electron chi connectivity index (χ1n) is 5.81. The summed E-state index contributed by atoms with van der Waals surface area (Å²) in [4.78, 5) is 4.08. The molecule has 0 amide bonds. The lowest BCUT2D eigenvalue weighted by Gasteiger charge is -2.19. The molecule has 7 N–H and O–H groups in total. The number of halogens is 1. The van der Waals surface area contributed by atoms with Gasteiger partial charge in [-0.05, 0) is 41.8 Å². The molecule has 0 fully saturated rings. The van der Waals surface area contributed by atoms with Crippen LogP contribution in [0.1, 0.15) is 17.2 Å². The van der Waals surface area contributed by atoms with Gasteiger partial charge in [-0.3, -0.25) is 16.3 Å². The van der Waals surface area contributed by atoms with E-state index < -0.39 is 0 Å². The van der Waals surface area contributed by atoms with Gasteiger partial charge in [0.25, 0.3) is 0 Å². The van der Waals surface area contributed by atoms with Crippen LogP contribution in [0.15, 0.2) is 41.1 Å². The third-order valence-corrected chi connectivity index (χ3v) is 3.48. The molecule has 2 aromatic rings. The highest BCUT2D eigenvalue weighted by atomic mass is 79.9. The van der Waals surface area contributed by atoms with Crippen molar-refractivity contribution in [3.8, 4) is 0 Å². The van der Waals surface area contributed by atoms with Crippen LogP contribution in [0.5, 0.6) is 0 Å². The Hall–Kier alpha value is -1.63. The van der Waals surface area contributed by atoms with E-state index in [0.717, 1.165) is 15.6 Å². The number of nitrogens with zero attached hydrogens (tertiary/aromatic N) is 1. The molecule has 0 saturated heterocycles. The maximum atomic E-state index is 5.99. The molecule has 1 atom stereocenters. The molecule has 0 aliphatic heterocycles. The fourth-order valence-electron chi connectivity index (χ4n) is 1.93. The summed E-state index contributed by atoms with van der Waals surface area (Å²) in [6.07, 6.45) is 4.03. The molecule has 1 unspecified atom stereocenters. The van der Waals surface area contributed by atoms with Gasteiger partial charge in [-0.2, -0.15) is 0 Å². The number of hydrogen-bond donors (Lipinski definition) is 4. The van der Waals surface area contributed by atoms with E-state index in [4.69, 9.17) is 17.3 Å². The molecule has 0 radical (unpaired) electrons. The highest BCUT2D eigenvalue weighted by molar-refractivity contribution is 9.10. The van der Waals surface area contributed by atoms with Gasteiger partial charge in [0, 0.05) is 28.2 Å². The summed E-state index contributed by atoms with van der Waals surface area (Å²) in [6, 6.07) is 7.34. The van der Waals surface area contributed by atoms with Crippen LogP contribution < -0.4 is 22.7 Å². The SMILES string of the molecule is NNC(Cc1cnccc1N)c1cc(Br)ccc1N. The van der Waals surface area contributed by atoms with E-state index in [1.165, 1.54) is 0 Å². The number of pyridine rings is 1. The molecule has 0 saturated carbocycles. The summed E-state index contributed by atoms with van der Waals surface area (Å²) >= 11 is 3.43. The summed E-state index contributed by atoms with van der Waals surface area (Å²) in [7, 11) is 0. The third-order valence-electron chi connectivity index (χ3n) is 2.99.